The maximum absolute atomic E-state index is 13.2. The molecule has 1 aliphatic rings. The average Bonchev–Trinajstić information content (AvgIpc) is 2.63. The first-order chi connectivity index (χ1) is 8.22. The van der Waals surface area contributed by atoms with Crippen LogP contribution in [0.4, 0.5) is 10.1 Å². The standard InChI is InChI=1S/C12H17FN2O2S/c1-12(2)5-6-15(8-12)18(16,17)11-7-9(13)3-4-10(11)14/h3-4,7H,5-6,8,14H2,1-2H3. The summed E-state index contributed by atoms with van der Waals surface area (Å²) in [4.78, 5) is -0.139. The minimum atomic E-state index is -3.69. The Balaban J connectivity index is 2.40. The van der Waals surface area contributed by atoms with Crippen LogP contribution in [0.15, 0.2) is 23.1 Å². The van der Waals surface area contributed by atoms with E-state index in [0.717, 1.165) is 18.6 Å². The third-order valence-electron chi connectivity index (χ3n) is 3.24. The zero-order chi connectivity index (χ0) is 13.6. The van der Waals surface area contributed by atoms with E-state index in [-0.39, 0.29) is 16.0 Å². The van der Waals surface area contributed by atoms with Gasteiger partial charge < -0.3 is 5.73 Å². The van der Waals surface area contributed by atoms with Crippen molar-refractivity contribution in [3.63, 3.8) is 0 Å². The first kappa shape index (κ1) is 13.3. The largest absolute Gasteiger partial charge is 0.398 e. The van der Waals surface area contributed by atoms with Crippen molar-refractivity contribution in [3.05, 3.63) is 24.0 Å². The van der Waals surface area contributed by atoms with E-state index in [9.17, 15) is 12.8 Å². The molecule has 1 aromatic rings. The maximum atomic E-state index is 13.2. The van der Waals surface area contributed by atoms with E-state index in [1.165, 1.54) is 10.4 Å². The second-order valence-electron chi connectivity index (χ2n) is 5.43. The summed E-state index contributed by atoms with van der Waals surface area (Å²) in [6, 6.07) is 3.42. The number of halogens is 1. The van der Waals surface area contributed by atoms with Gasteiger partial charge in [0.05, 0.1) is 5.69 Å². The summed E-state index contributed by atoms with van der Waals surface area (Å²) in [5.74, 6) is -0.596. The molecule has 6 heteroatoms. The van der Waals surface area contributed by atoms with Crippen LogP contribution in [0.2, 0.25) is 0 Å². The number of nitrogen functional groups attached to an aromatic ring is 1. The van der Waals surface area contributed by atoms with Gasteiger partial charge in [0.15, 0.2) is 0 Å². The number of sulfonamides is 1. The molecule has 0 saturated carbocycles. The van der Waals surface area contributed by atoms with Crippen molar-refractivity contribution in [2.45, 2.75) is 25.2 Å². The zero-order valence-electron chi connectivity index (χ0n) is 10.5. The van der Waals surface area contributed by atoms with Crippen LogP contribution in [-0.2, 0) is 10.0 Å². The lowest BCUT2D eigenvalue weighted by atomic mass is 9.93. The van der Waals surface area contributed by atoms with Gasteiger partial charge in [-0.3, -0.25) is 0 Å². The van der Waals surface area contributed by atoms with Crippen molar-refractivity contribution in [1.82, 2.24) is 4.31 Å². The Hall–Kier alpha value is -1.14. The predicted molar refractivity (Wildman–Crippen MR) is 68.0 cm³/mol. The van der Waals surface area contributed by atoms with E-state index >= 15 is 0 Å². The van der Waals surface area contributed by atoms with Crippen molar-refractivity contribution in [2.75, 3.05) is 18.8 Å². The SMILES string of the molecule is CC1(C)CCN(S(=O)(=O)c2cc(F)ccc2N)C1. The molecule has 0 bridgehead atoms. The van der Waals surface area contributed by atoms with Crippen LogP contribution in [-0.4, -0.2) is 25.8 Å². The van der Waals surface area contributed by atoms with E-state index in [1.54, 1.807) is 0 Å². The molecule has 0 atom stereocenters. The number of rotatable bonds is 2. The monoisotopic (exact) mass is 272 g/mol. The fourth-order valence-corrected chi connectivity index (χ4v) is 3.90. The quantitative estimate of drug-likeness (QED) is 0.835. The molecule has 100 valence electrons. The average molecular weight is 272 g/mol. The molecule has 1 aromatic carbocycles. The molecule has 0 unspecified atom stereocenters. The van der Waals surface area contributed by atoms with Gasteiger partial charge in [0.25, 0.3) is 0 Å². The van der Waals surface area contributed by atoms with Crippen LogP contribution >= 0.6 is 0 Å². The van der Waals surface area contributed by atoms with Gasteiger partial charge in [-0.05, 0) is 30.0 Å². The summed E-state index contributed by atoms with van der Waals surface area (Å²) >= 11 is 0. The normalized spacial score (nSPS) is 20.2. The summed E-state index contributed by atoms with van der Waals surface area (Å²) in [5.41, 5.74) is 5.68. The van der Waals surface area contributed by atoms with Crippen LogP contribution in [0.1, 0.15) is 20.3 Å². The van der Waals surface area contributed by atoms with E-state index in [2.05, 4.69) is 0 Å². The van der Waals surface area contributed by atoms with Crippen LogP contribution in [0.3, 0.4) is 0 Å². The van der Waals surface area contributed by atoms with E-state index in [4.69, 9.17) is 5.73 Å². The molecule has 1 aliphatic heterocycles. The van der Waals surface area contributed by atoms with E-state index < -0.39 is 15.8 Å². The topological polar surface area (TPSA) is 63.4 Å². The molecule has 4 nitrogen and oxygen atoms in total. The Morgan fingerprint density at radius 1 is 1.39 bits per heavy atom. The van der Waals surface area contributed by atoms with Crippen molar-refractivity contribution in [2.24, 2.45) is 5.41 Å². The molecule has 18 heavy (non-hydrogen) atoms. The molecule has 2 rings (SSSR count). The minimum Gasteiger partial charge on any atom is -0.398 e. The predicted octanol–water partition coefficient (Wildman–Crippen LogP) is 1.83. The zero-order valence-corrected chi connectivity index (χ0v) is 11.3. The first-order valence-corrected chi connectivity index (χ1v) is 7.22. The summed E-state index contributed by atoms with van der Waals surface area (Å²) in [5, 5.41) is 0. The number of nitrogens with two attached hydrogens (primary N) is 1. The highest BCUT2D eigenvalue weighted by molar-refractivity contribution is 7.89. The third-order valence-corrected chi connectivity index (χ3v) is 5.14. The second kappa shape index (κ2) is 4.20. The molecule has 0 aromatic heterocycles. The van der Waals surface area contributed by atoms with Crippen molar-refractivity contribution in [3.8, 4) is 0 Å². The minimum absolute atomic E-state index is 0.0465. The van der Waals surface area contributed by atoms with Crippen LogP contribution in [0, 0.1) is 11.2 Å². The lowest BCUT2D eigenvalue weighted by Crippen LogP contribution is -2.31. The maximum Gasteiger partial charge on any atom is 0.245 e. The van der Waals surface area contributed by atoms with Crippen LogP contribution in [0.25, 0.3) is 0 Å². The summed E-state index contributed by atoms with van der Waals surface area (Å²) in [6.45, 7) is 4.91. The molecule has 2 N–H and O–H groups in total. The van der Waals surface area contributed by atoms with E-state index in [0.29, 0.717) is 13.1 Å². The lowest BCUT2D eigenvalue weighted by Gasteiger charge is -2.20. The highest BCUT2D eigenvalue weighted by Crippen LogP contribution is 2.34. The van der Waals surface area contributed by atoms with Gasteiger partial charge in [0, 0.05) is 13.1 Å². The highest BCUT2D eigenvalue weighted by atomic mass is 32.2. The van der Waals surface area contributed by atoms with Crippen LogP contribution < -0.4 is 5.73 Å². The van der Waals surface area contributed by atoms with Gasteiger partial charge in [-0.15, -0.1) is 0 Å². The van der Waals surface area contributed by atoms with E-state index in [1.807, 2.05) is 13.8 Å². The number of hydrogen-bond donors (Lipinski definition) is 1. The Morgan fingerprint density at radius 2 is 2.06 bits per heavy atom. The van der Waals surface area contributed by atoms with Gasteiger partial charge in [-0.1, -0.05) is 13.8 Å². The Bertz CT molecular complexity index is 569. The Labute approximate surface area is 107 Å². The third kappa shape index (κ3) is 2.35. The molecule has 0 radical (unpaired) electrons. The highest BCUT2D eigenvalue weighted by Gasteiger charge is 2.37. The Kier molecular flexibility index (Phi) is 3.11. The van der Waals surface area contributed by atoms with Crippen LogP contribution in [0.5, 0.6) is 0 Å². The van der Waals surface area contributed by atoms with Gasteiger partial charge in [0.2, 0.25) is 10.0 Å². The van der Waals surface area contributed by atoms with Gasteiger partial charge in [0.1, 0.15) is 10.7 Å². The second-order valence-corrected chi connectivity index (χ2v) is 7.34. The number of benzene rings is 1. The summed E-state index contributed by atoms with van der Waals surface area (Å²) < 4.78 is 39.3. The molecule has 0 spiro atoms. The molecule has 0 amide bonds. The molecular weight excluding hydrogens is 255 g/mol. The molecular formula is C12H17FN2O2S. The number of anilines is 1. The Morgan fingerprint density at radius 3 is 2.61 bits per heavy atom. The van der Waals surface area contributed by atoms with Gasteiger partial charge in [-0.2, -0.15) is 4.31 Å². The van der Waals surface area contributed by atoms with Crippen molar-refractivity contribution >= 4 is 15.7 Å². The summed E-state index contributed by atoms with van der Waals surface area (Å²) in [7, 11) is -3.69. The van der Waals surface area contributed by atoms with Gasteiger partial charge >= 0.3 is 0 Å². The lowest BCUT2D eigenvalue weighted by molar-refractivity contribution is 0.375. The smallest absolute Gasteiger partial charge is 0.245 e. The first-order valence-electron chi connectivity index (χ1n) is 5.78. The molecule has 1 saturated heterocycles. The molecule has 1 fully saturated rings. The number of hydrogen-bond acceptors (Lipinski definition) is 3. The fraction of sp³-hybridized carbons (Fsp3) is 0.500. The molecule has 0 aliphatic carbocycles. The van der Waals surface area contributed by atoms with Crippen molar-refractivity contribution < 1.29 is 12.8 Å². The summed E-state index contributed by atoms with van der Waals surface area (Å²) in [6.07, 6.45) is 0.793. The molecule has 1 heterocycles. The number of nitrogens with zero attached hydrogens (tertiary/aromatic N) is 1. The van der Waals surface area contributed by atoms with Gasteiger partial charge in [-0.25, -0.2) is 12.8 Å². The fourth-order valence-electron chi connectivity index (χ4n) is 2.14. The van der Waals surface area contributed by atoms with Crippen molar-refractivity contribution in [1.29, 1.82) is 0 Å².